The molecule has 0 aromatic carbocycles. The number of thioether (sulfide) groups is 1. The summed E-state index contributed by atoms with van der Waals surface area (Å²) in [6.07, 6.45) is 3.68. The summed E-state index contributed by atoms with van der Waals surface area (Å²) < 4.78 is 0. The van der Waals surface area contributed by atoms with Gasteiger partial charge in [-0.15, -0.1) is 0 Å². The summed E-state index contributed by atoms with van der Waals surface area (Å²) >= 11 is 1.93. The molecule has 1 heterocycles. The second kappa shape index (κ2) is 5.95. The molecule has 16 heavy (non-hydrogen) atoms. The van der Waals surface area contributed by atoms with E-state index in [2.05, 4.69) is 44.9 Å². The standard InChI is InChI=1S/C13H26N2S/c1-6-7-13(4,5)15-12-14-9-11(16-12)8-10(2)3/h10-11H,6-9H2,1-5H3,(H,14,15). The third-order valence-corrected chi connectivity index (χ3v) is 3.90. The minimum absolute atomic E-state index is 0.188. The topological polar surface area (TPSA) is 24.4 Å². The molecule has 0 aromatic heterocycles. The molecule has 1 aliphatic rings. The van der Waals surface area contributed by atoms with Crippen molar-refractivity contribution >= 4 is 16.9 Å². The Morgan fingerprint density at radius 3 is 2.75 bits per heavy atom. The molecule has 0 saturated heterocycles. The number of nitrogens with zero attached hydrogens (tertiary/aromatic N) is 1. The lowest BCUT2D eigenvalue weighted by Crippen LogP contribution is -2.41. The van der Waals surface area contributed by atoms with Crippen molar-refractivity contribution in [2.75, 3.05) is 6.54 Å². The maximum absolute atomic E-state index is 4.61. The fraction of sp³-hybridized carbons (Fsp3) is 0.923. The smallest absolute Gasteiger partial charge is 0.157 e. The van der Waals surface area contributed by atoms with Gasteiger partial charge in [-0.05, 0) is 32.6 Å². The van der Waals surface area contributed by atoms with Crippen LogP contribution in [-0.4, -0.2) is 22.5 Å². The van der Waals surface area contributed by atoms with Gasteiger partial charge in [-0.3, -0.25) is 4.99 Å². The van der Waals surface area contributed by atoms with Crippen LogP contribution in [0.4, 0.5) is 0 Å². The Bertz CT molecular complexity index is 246. The highest BCUT2D eigenvalue weighted by Gasteiger charge is 2.25. The monoisotopic (exact) mass is 242 g/mol. The van der Waals surface area contributed by atoms with Crippen molar-refractivity contribution in [1.82, 2.24) is 5.32 Å². The summed E-state index contributed by atoms with van der Waals surface area (Å²) in [5.74, 6) is 0.774. The van der Waals surface area contributed by atoms with Crippen molar-refractivity contribution in [3.63, 3.8) is 0 Å². The van der Waals surface area contributed by atoms with Crippen molar-refractivity contribution in [2.45, 2.75) is 64.7 Å². The van der Waals surface area contributed by atoms with Gasteiger partial charge in [-0.25, -0.2) is 0 Å². The van der Waals surface area contributed by atoms with Crippen LogP contribution in [0, 0.1) is 5.92 Å². The van der Waals surface area contributed by atoms with Crippen molar-refractivity contribution in [3.8, 4) is 0 Å². The Hall–Kier alpha value is -0.180. The molecule has 0 amide bonds. The highest BCUT2D eigenvalue weighted by molar-refractivity contribution is 8.14. The first-order chi connectivity index (χ1) is 7.43. The molecular weight excluding hydrogens is 216 g/mol. The summed E-state index contributed by atoms with van der Waals surface area (Å²) in [4.78, 5) is 4.61. The van der Waals surface area contributed by atoms with Crippen molar-refractivity contribution in [2.24, 2.45) is 10.9 Å². The van der Waals surface area contributed by atoms with E-state index in [1.807, 2.05) is 11.8 Å². The minimum atomic E-state index is 0.188. The normalized spacial score (nSPS) is 21.4. The molecule has 3 heteroatoms. The number of nitrogens with one attached hydrogen (secondary N) is 1. The average Bonchev–Trinajstić information content (AvgIpc) is 2.49. The van der Waals surface area contributed by atoms with E-state index in [-0.39, 0.29) is 5.54 Å². The van der Waals surface area contributed by atoms with Gasteiger partial charge in [-0.2, -0.15) is 0 Å². The van der Waals surface area contributed by atoms with E-state index in [9.17, 15) is 0 Å². The van der Waals surface area contributed by atoms with Crippen LogP contribution in [0.1, 0.15) is 53.9 Å². The number of amidine groups is 1. The van der Waals surface area contributed by atoms with Gasteiger partial charge >= 0.3 is 0 Å². The van der Waals surface area contributed by atoms with Gasteiger partial charge in [-0.1, -0.05) is 39.0 Å². The third-order valence-electron chi connectivity index (χ3n) is 2.77. The Morgan fingerprint density at radius 2 is 2.19 bits per heavy atom. The summed E-state index contributed by atoms with van der Waals surface area (Å²) in [6.45, 7) is 12.3. The van der Waals surface area contributed by atoms with E-state index in [4.69, 9.17) is 0 Å². The first kappa shape index (κ1) is 13.9. The van der Waals surface area contributed by atoms with Gasteiger partial charge in [0, 0.05) is 10.8 Å². The van der Waals surface area contributed by atoms with Crippen molar-refractivity contribution in [1.29, 1.82) is 0 Å². The van der Waals surface area contributed by atoms with Gasteiger partial charge in [0.1, 0.15) is 0 Å². The second-order valence-corrected chi connectivity index (χ2v) is 7.06. The first-order valence-electron chi connectivity index (χ1n) is 6.42. The van der Waals surface area contributed by atoms with Gasteiger partial charge in [0.2, 0.25) is 0 Å². The van der Waals surface area contributed by atoms with Crippen LogP contribution in [0.25, 0.3) is 0 Å². The zero-order chi connectivity index (χ0) is 12.2. The highest BCUT2D eigenvalue weighted by Crippen LogP contribution is 2.27. The lowest BCUT2D eigenvalue weighted by Gasteiger charge is -2.26. The zero-order valence-corrected chi connectivity index (χ0v) is 12.2. The largest absolute Gasteiger partial charge is 0.360 e. The molecule has 0 bridgehead atoms. The molecule has 0 aromatic rings. The van der Waals surface area contributed by atoms with Crippen LogP contribution in [0.3, 0.4) is 0 Å². The molecule has 2 nitrogen and oxygen atoms in total. The lowest BCUT2D eigenvalue weighted by molar-refractivity contribution is 0.423. The first-order valence-corrected chi connectivity index (χ1v) is 7.30. The number of aliphatic imine (C=N–C) groups is 1. The molecule has 1 rings (SSSR count). The molecular formula is C13H26N2S. The fourth-order valence-corrected chi connectivity index (χ4v) is 3.54. The predicted molar refractivity (Wildman–Crippen MR) is 75.3 cm³/mol. The van der Waals surface area contributed by atoms with Crippen LogP contribution < -0.4 is 5.32 Å². The Balaban J connectivity index is 2.36. The van der Waals surface area contributed by atoms with E-state index in [0.29, 0.717) is 5.25 Å². The van der Waals surface area contributed by atoms with Gasteiger partial charge < -0.3 is 5.32 Å². The molecule has 1 atom stereocenters. The quantitative estimate of drug-likeness (QED) is 0.795. The third kappa shape index (κ3) is 4.77. The summed E-state index contributed by atoms with van der Waals surface area (Å²) in [7, 11) is 0. The van der Waals surface area contributed by atoms with Crippen molar-refractivity contribution < 1.29 is 0 Å². The lowest BCUT2D eigenvalue weighted by atomic mass is 10.00. The summed E-state index contributed by atoms with van der Waals surface area (Å²) in [5, 5.41) is 5.42. The van der Waals surface area contributed by atoms with E-state index < -0.39 is 0 Å². The summed E-state index contributed by atoms with van der Waals surface area (Å²) in [6, 6.07) is 0. The fourth-order valence-electron chi connectivity index (χ4n) is 2.11. The number of hydrogen-bond donors (Lipinski definition) is 1. The molecule has 0 spiro atoms. The number of hydrogen-bond acceptors (Lipinski definition) is 3. The van der Waals surface area contributed by atoms with Crippen LogP contribution in [0.5, 0.6) is 0 Å². The van der Waals surface area contributed by atoms with Gasteiger partial charge in [0.15, 0.2) is 5.17 Å². The van der Waals surface area contributed by atoms with E-state index in [1.54, 1.807) is 0 Å². The zero-order valence-electron chi connectivity index (χ0n) is 11.3. The van der Waals surface area contributed by atoms with E-state index in [1.165, 1.54) is 19.3 Å². The molecule has 1 unspecified atom stereocenters. The second-order valence-electron chi connectivity index (χ2n) is 5.77. The molecule has 94 valence electrons. The molecule has 1 aliphatic heterocycles. The minimum Gasteiger partial charge on any atom is -0.360 e. The van der Waals surface area contributed by atoms with Crippen LogP contribution in [-0.2, 0) is 0 Å². The maximum atomic E-state index is 4.61. The van der Waals surface area contributed by atoms with Crippen LogP contribution >= 0.6 is 11.8 Å². The van der Waals surface area contributed by atoms with Crippen molar-refractivity contribution in [3.05, 3.63) is 0 Å². The Morgan fingerprint density at radius 1 is 1.50 bits per heavy atom. The Kier molecular flexibility index (Phi) is 5.16. The predicted octanol–water partition coefficient (Wildman–Crippen LogP) is 3.67. The SMILES string of the molecule is CCCC(C)(C)NC1=NCC(CC(C)C)S1. The van der Waals surface area contributed by atoms with E-state index >= 15 is 0 Å². The molecule has 0 aliphatic carbocycles. The average molecular weight is 242 g/mol. The highest BCUT2D eigenvalue weighted by atomic mass is 32.2. The number of rotatable bonds is 5. The molecule has 0 radical (unpaired) electrons. The Labute approximate surface area is 105 Å². The van der Waals surface area contributed by atoms with Gasteiger partial charge in [0.25, 0.3) is 0 Å². The van der Waals surface area contributed by atoms with Crippen LogP contribution in [0.2, 0.25) is 0 Å². The summed E-state index contributed by atoms with van der Waals surface area (Å²) in [5.41, 5.74) is 0.188. The van der Waals surface area contributed by atoms with Gasteiger partial charge in [0.05, 0.1) is 6.54 Å². The van der Waals surface area contributed by atoms with Crippen LogP contribution in [0.15, 0.2) is 4.99 Å². The maximum Gasteiger partial charge on any atom is 0.157 e. The molecule has 0 fully saturated rings. The van der Waals surface area contributed by atoms with E-state index in [0.717, 1.165) is 17.6 Å². The molecule has 0 saturated carbocycles. The molecule has 1 N–H and O–H groups in total.